The van der Waals surface area contributed by atoms with E-state index in [1.807, 2.05) is 0 Å². The second-order valence-corrected chi connectivity index (χ2v) is 4.70. The molecule has 0 aliphatic heterocycles. The van der Waals surface area contributed by atoms with E-state index in [4.69, 9.17) is 0 Å². The molecule has 1 nitrogen and oxygen atoms in total. The zero-order valence-electron chi connectivity index (χ0n) is 11.0. The van der Waals surface area contributed by atoms with E-state index in [1.54, 1.807) is 0 Å². The molecule has 1 rings (SSSR count). The molecule has 0 aliphatic carbocycles. The molecule has 1 atom stereocenters. The van der Waals surface area contributed by atoms with Crippen molar-refractivity contribution in [1.82, 2.24) is 5.32 Å². The van der Waals surface area contributed by atoms with Gasteiger partial charge in [0, 0.05) is 6.04 Å². The Bertz CT molecular complexity index is 346. The van der Waals surface area contributed by atoms with Gasteiger partial charge in [-0.25, -0.2) is 0 Å². The third kappa shape index (κ3) is 3.49. The molecule has 0 heterocycles. The molecule has 0 spiro atoms. The van der Waals surface area contributed by atoms with Crippen LogP contribution in [0.1, 0.15) is 44.9 Å². The van der Waals surface area contributed by atoms with Gasteiger partial charge in [0.1, 0.15) is 0 Å². The molecule has 0 fully saturated rings. The van der Waals surface area contributed by atoms with Crippen LogP contribution in [-0.4, -0.2) is 6.04 Å². The van der Waals surface area contributed by atoms with Crippen LogP contribution in [-0.2, 0) is 0 Å². The van der Waals surface area contributed by atoms with Crippen molar-refractivity contribution in [1.29, 1.82) is 0 Å². The lowest BCUT2D eigenvalue weighted by atomic mass is 9.98. The van der Waals surface area contributed by atoms with E-state index in [-0.39, 0.29) is 0 Å². The number of hydrogen-bond acceptors (Lipinski definition) is 1. The van der Waals surface area contributed by atoms with Crippen LogP contribution in [0.15, 0.2) is 35.9 Å². The molecule has 1 aromatic rings. The minimum atomic E-state index is 0.339. The Morgan fingerprint density at radius 2 is 1.75 bits per heavy atom. The average molecular weight is 217 g/mol. The molecule has 0 saturated carbocycles. The van der Waals surface area contributed by atoms with Crippen LogP contribution < -0.4 is 5.32 Å². The molecular formula is C15H23N. The first-order valence-corrected chi connectivity index (χ1v) is 6.00. The molecular weight excluding hydrogens is 194 g/mol. The molecule has 16 heavy (non-hydrogen) atoms. The maximum Gasteiger partial charge on any atom is 0.0535 e. The SMILES string of the molecule is CC=C(C)C(NC(C)C)c1ccc(C)cc1. The van der Waals surface area contributed by atoms with Crippen molar-refractivity contribution >= 4 is 0 Å². The maximum atomic E-state index is 3.60. The largest absolute Gasteiger partial charge is 0.304 e. The quantitative estimate of drug-likeness (QED) is 0.752. The van der Waals surface area contributed by atoms with Crippen LogP contribution in [0.25, 0.3) is 0 Å². The van der Waals surface area contributed by atoms with Crippen molar-refractivity contribution < 1.29 is 0 Å². The number of aryl methyl sites for hydroxylation is 1. The summed E-state index contributed by atoms with van der Waals surface area (Å²) in [7, 11) is 0. The lowest BCUT2D eigenvalue weighted by Crippen LogP contribution is -2.28. The van der Waals surface area contributed by atoms with Gasteiger partial charge >= 0.3 is 0 Å². The topological polar surface area (TPSA) is 12.0 Å². The fourth-order valence-electron chi connectivity index (χ4n) is 1.75. The van der Waals surface area contributed by atoms with E-state index in [0.29, 0.717) is 12.1 Å². The van der Waals surface area contributed by atoms with Gasteiger partial charge in [-0.2, -0.15) is 0 Å². The van der Waals surface area contributed by atoms with Gasteiger partial charge in [0.2, 0.25) is 0 Å². The van der Waals surface area contributed by atoms with Crippen molar-refractivity contribution in [3.8, 4) is 0 Å². The van der Waals surface area contributed by atoms with E-state index in [2.05, 4.69) is 70.3 Å². The van der Waals surface area contributed by atoms with E-state index >= 15 is 0 Å². The number of benzene rings is 1. The number of nitrogens with one attached hydrogen (secondary N) is 1. The van der Waals surface area contributed by atoms with Crippen molar-refractivity contribution in [2.24, 2.45) is 0 Å². The van der Waals surface area contributed by atoms with Gasteiger partial charge in [0.05, 0.1) is 6.04 Å². The van der Waals surface area contributed by atoms with Crippen molar-refractivity contribution in [2.75, 3.05) is 0 Å². The molecule has 0 amide bonds. The summed E-state index contributed by atoms with van der Waals surface area (Å²) in [4.78, 5) is 0. The average Bonchev–Trinajstić information content (AvgIpc) is 2.26. The first kappa shape index (κ1) is 13.0. The van der Waals surface area contributed by atoms with Crippen molar-refractivity contribution in [2.45, 2.75) is 46.7 Å². The Morgan fingerprint density at radius 1 is 1.19 bits per heavy atom. The summed E-state index contributed by atoms with van der Waals surface area (Å²) in [5, 5.41) is 3.60. The van der Waals surface area contributed by atoms with Crippen molar-refractivity contribution in [3.63, 3.8) is 0 Å². The Morgan fingerprint density at radius 3 is 2.19 bits per heavy atom. The highest BCUT2D eigenvalue weighted by molar-refractivity contribution is 5.29. The Hall–Kier alpha value is -1.08. The summed E-state index contributed by atoms with van der Waals surface area (Å²) < 4.78 is 0. The van der Waals surface area contributed by atoms with Crippen LogP contribution >= 0.6 is 0 Å². The second kappa shape index (κ2) is 5.86. The van der Waals surface area contributed by atoms with Gasteiger partial charge in [-0.15, -0.1) is 0 Å². The summed E-state index contributed by atoms with van der Waals surface area (Å²) in [5.41, 5.74) is 4.03. The van der Waals surface area contributed by atoms with Gasteiger partial charge in [-0.3, -0.25) is 0 Å². The van der Waals surface area contributed by atoms with Crippen LogP contribution in [0.4, 0.5) is 0 Å². The van der Waals surface area contributed by atoms with Crippen LogP contribution in [0.3, 0.4) is 0 Å². The maximum absolute atomic E-state index is 3.60. The molecule has 0 bridgehead atoms. The first-order valence-electron chi connectivity index (χ1n) is 6.00. The van der Waals surface area contributed by atoms with Crippen molar-refractivity contribution in [3.05, 3.63) is 47.0 Å². The molecule has 0 saturated heterocycles. The van der Waals surface area contributed by atoms with Gasteiger partial charge in [-0.05, 0) is 40.2 Å². The van der Waals surface area contributed by atoms with Gasteiger partial charge in [0.25, 0.3) is 0 Å². The number of allylic oxidation sites excluding steroid dienone is 1. The fraction of sp³-hybridized carbons (Fsp3) is 0.467. The fourth-order valence-corrected chi connectivity index (χ4v) is 1.75. The third-order valence-corrected chi connectivity index (χ3v) is 2.82. The normalized spacial score (nSPS) is 14.2. The first-order chi connectivity index (χ1) is 7.54. The molecule has 1 unspecified atom stereocenters. The van der Waals surface area contributed by atoms with Gasteiger partial charge in [-0.1, -0.05) is 41.5 Å². The predicted octanol–water partition coefficient (Wildman–Crippen LogP) is 4.00. The Balaban J connectivity index is 2.96. The van der Waals surface area contributed by atoms with E-state index < -0.39 is 0 Å². The zero-order valence-corrected chi connectivity index (χ0v) is 11.0. The molecule has 1 N–H and O–H groups in total. The summed E-state index contributed by atoms with van der Waals surface area (Å²) >= 11 is 0. The lowest BCUT2D eigenvalue weighted by molar-refractivity contribution is 0.521. The van der Waals surface area contributed by atoms with Gasteiger partial charge in [0.15, 0.2) is 0 Å². The molecule has 0 aliphatic rings. The standard InChI is InChI=1S/C15H23N/c1-6-13(5)15(16-11(2)3)14-9-7-12(4)8-10-14/h6-11,15-16H,1-5H3. The van der Waals surface area contributed by atoms with E-state index in [1.165, 1.54) is 16.7 Å². The van der Waals surface area contributed by atoms with E-state index in [0.717, 1.165) is 0 Å². The highest BCUT2D eigenvalue weighted by atomic mass is 14.9. The lowest BCUT2D eigenvalue weighted by Gasteiger charge is -2.22. The zero-order chi connectivity index (χ0) is 12.1. The summed E-state index contributed by atoms with van der Waals surface area (Å²) in [6, 6.07) is 9.59. The molecule has 88 valence electrons. The number of hydrogen-bond donors (Lipinski definition) is 1. The molecule has 0 aromatic heterocycles. The van der Waals surface area contributed by atoms with Gasteiger partial charge < -0.3 is 5.32 Å². The second-order valence-electron chi connectivity index (χ2n) is 4.70. The predicted molar refractivity (Wildman–Crippen MR) is 71.6 cm³/mol. The van der Waals surface area contributed by atoms with Crippen LogP contribution in [0.2, 0.25) is 0 Å². The monoisotopic (exact) mass is 217 g/mol. The third-order valence-electron chi connectivity index (χ3n) is 2.82. The Labute approximate surface area is 99.6 Å². The molecule has 1 aromatic carbocycles. The molecule has 1 heteroatoms. The highest BCUT2D eigenvalue weighted by Crippen LogP contribution is 2.22. The minimum Gasteiger partial charge on any atom is -0.304 e. The molecule has 0 radical (unpaired) electrons. The Kier molecular flexibility index (Phi) is 4.75. The van der Waals surface area contributed by atoms with Crippen LogP contribution in [0.5, 0.6) is 0 Å². The summed E-state index contributed by atoms with van der Waals surface area (Å²) in [6.45, 7) is 10.8. The summed E-state index contributed by atoms with van der Waals surface area (Å²) in [6.07, 6.45) is 2.18. The number of rotatable bonds is 4. The summed E-state index contributed by atoms with van der Waals surface area (Å²) in [5.74, 6) is 0. The van der Waals surface area contributed by atoms with E-state index in [9.17, 15) is 0 Å². The van der Waals surface area contributed by atoms with Crippen LogP contribution in [0, 0.1) is 6.92 Å². The highest BCUT2D eigenvalue weighted by Gasteiger charge is 2.13. The minimum absolute atomic E-state index is 0.339. The smallest absolute Gasteiger partial charge is 0.0535 e.